The van der Waals surface area contributed by atoms with Gasteiger partial charge in [-0.15, -0.1) is 0 Å². The summed E-state index contributed by atoms with van der Waals surface area (Å²) < 4.78 is 5.17. The number of carboxylic acids is 1. The second kappa shape index (κ2) is 4.39. The van der Waals surface area contributed by atoms with Crippen LogP contribution in [0, 0.1) is 6.92 Å². The number of halogens is 2. The minimum atomic E-state index is -1.12. The number of carbonyl (C=O) groups is 1. The molecule has 0 aliphatic carbocycles. The molecule has 88 valence electrons. The molecule has 17 heavy (non-hydrogen) atoms. The molecule has 0 aliphatic rings. The molecule has 2 rings (SSSR count). The number of carboxylic acid groups (broad SMARTS) is 1. The first-order chi connectivity index (χ1) is 8.02. The van der Waals surface area contributed by atoms with Crippen LogP contribution in [0.4, 0.5) is 0 Å². The summed E-state index contributed by atoms with van der Waals surface area (Å²) in [5.74, 6) is -0.742. The number of nitrogens with zero attached hydrogens (tertiary/aromatic N) is 1. The molecule has 0 atom stereocenters. The summed E-state index contributed by atoms with van der Waals surface area (Å²) in [6.07, 6.45) is 1.25. The lowest BCUT2D eigenvalue weighted by Gasteiger charge is -2.07. The maximum atomic E-state index is 11.0. The molecule has 0 unspecified atom stereocenters. The van der Waals surface area contributed by atoms with Crippen molar-refractivity contribution in [2.75, 3.05) is 0 Å². The Morgan fingerprint density at radius 3 is 2.65 bits per heavy atom. The fourth-order valence-corrected chi connectivity index (χ4v) is 2.09. The van der Waals surface area contributed by atoms with E-state index in [2.05, 4.69) is 4.98 Å². The third-order valence-electron chi connectivity index (χ3n) is 2.29. The van der Waals surface area contributed by atoms with Crippen molar-refractivity contribution in [1.29, 1.82) is 0 Å². The molecule has 4 nitrogen and oxygen atoms in total. The van der Waals surface area contributed by atoms with Crippen LogP contribution in [0.2, 0.25) is 10.0 Å². The summed E-state index contributed by atoms with van der Waals surface area (Å²) in [6, 6.07) is 2.82. The quantitative estimate of drug-likeness (QED) is 0.906. The van der Waals surface area contributed by atoms with E-state index >= 15 is 0 Å². The zero-order valence-corrected chi connectivity index (χ0v) is 10.2. The SMILES string of the molecule is Cc1ncoc1-c1c(Cl)ccc(C(=O)O)c1Cl. The third kappa shape index (κ3) is 2.01. The second-order valence-corrected chi connectivity index (χ2v) is 4.14. The molecule has 6 heteroatoms. The van der Waals surface area contributed by atoms with E-state index in [0.717, 1.165) is 0 Å². The van der Waals surface area contributed by atoms with Gasteiger partial charge in [0.15, 0.2) is 12.2 Å². The second-order valence-electron chi connectivity index (χ2n) is 3.36. The van der Waals surface area contributed by atoms with Crippen molar-refractivity contribution in [2.45, 2.75) is 6.92 Å². The minimum Gasteiger partial charge on any atom is -0.478 e. The summed E-state index contributed by atoms with van der Waals surface area (Å²) in [4.78, 5) is 14.9. The van der Waals surface area contributed by atoms with Crippen molar-refractivity contribution in [3.05, 3.63) is 39.8 Å². The highest BCUT2D eigenvalue weighted by Gasteiger charge is 2.20. The van der Waals surface area contributed by atoms with E-state index < -0.39 is 5.97 Å². The van der Waals surface area contributed by atoms with Gasteiger partial charge in [0, 0.05) is 0 Å². The van der Waals surface area contributed by atoms with Crippen LogP contribution < -0.4 is 0 Å². The number of rotatable bonds is 2. The first-order valence-electron chi connectivity index (χ1n) is 4.64. The first-order valence-corrected chi connectivity index (χ1v) is 5.39. The molecule has 2 aromatic rings. The highest BCUT2D eigenvalue weighted by Crippen LogP contribution is 2.38. The van der Waals surface area contributed by atoms with Gasteiger partial charge < -0.3 is 9.52 Å². The van der Waals surface area contributed by atoms with Gasteiger partial charge in [-0.2, -0.15) is 0 Å². The van der Waals surface area contributed by atoms with Crippen LogP contribution in [0.25, 0.3) is 11.3 Å². The summed E-state index contributed by atoms with van der Waals surface area (Å²) in [5.41, 5.74) is 0.918. The summed E-state index contributed by atoms with van der Waals surface area (Å²) >= 11 is 12.0. The Morgan fingerprint density at radius 1 is 1.41 bits per heavy atom. The van der Waals surface area contributed by atoms with Crippen LogP contribution in [-0.4, -0.2) is 16.1 Å². The minimum absolute atomic E-state index is 0.0260. The molecule has 0 spiro atoms. The smallest absolute Gasteiger partial charge is 0.337 e. The van der Waals surface area contributed by atoms with Gasteiger partial charge in [0.25, 0.3) is 0 Å². The topological polar surface area (TPSA) is 63.3 Å². The number of hydrogen-bond acceptors (Lipinski definition) is 3. The van der Waals surface area contributed by atoms with Gasteiger partial charge in [0.05, 0.1) is 26.9 Å². The number of hydrogen-bond donors (Lipinski definition) is 1. The summed E-state index contributed by atoms with van der Waals surface area (Å²) in [5, 5.41) is 9.34. The van der Waals surface area contributed by atoms with Crippen molar-refractivity contribution < 1.29 is 14.3 Å². The van der Waals surface area contributed by atoms with Crippen LogP contribution in [0.1, 0.15) is 16.1 Å². The van der Waals surface area contributed by atoms with Gasteiger partial charge in [-0.1, -0.05) is 23.2 Å². The number of benzene rings is 1. The molecule has 1 aromatic heterocycles. The number of aromatic nitrogens is 1. The first kappa shape index (κ1) is 12.0. The van der Waals surface area contributed by atoms with Gasteiger partial charge in [-0.25, -0.2) is 9.78 Å². The van der Waals surface area contributed by atoms with Crippen LogP contribution in [0.15, 0.2) is 22.9 Å². The Hall–Kier alpha value is -1.52. The van der Waals surface area contributed by atoms with Crippen LogP contribution in [-0.2, 0) is 0 Å². The molecule has 1 N–H and O–H groups in total. The lowest BCUT2D eigenvalue weighted by molar-refractivity contribution is 0.0697. The largest absolute Gasteiger partial charge is 0.478 e. The van der Waals surface area contributed by atoms with Gasteiger partial charge in [0.2, 0.25) is 0 Å². The van der Waals surface area contributed by atoms with Crippen LogP contribution in [0.5, 0.6) is 0 Å². The molecule has 1 heterocycles. The van der Waals surface area contributed by atoms with E-state index in [0.29, 0.717) is 22.0 Å². The van der Waals surface area contributed by atoms with Crippen molar-refractivity contribution in [1.82, 2.24) is 4.98 Å². The molecule has 0 saturated carbocycles. The van der Waals surface area contributed by atoms with Crippen molar-refractivity contribution in [3.8, 4) is 11.3 Å². The molecule has 0 saturated heterocycles. The summed E-state index contributed by atoms with van der Waals surface area (Å²) in [7, 11) is 0. The van der Waals surface area contributed by atoms with E-state index in [1.54, 1.807) is 6.92 Å². The van der Waals surface area contributed by atoms with Crippen molar-refractivity contribution in [3.63, 3.8) is 0 Å². The number of aromatic carboxylic acids is 1. The average molecular weight is 272 g/mol. The lowest BCUT2D eigenvalue weighted by Crippen LogP contribution is -1.99. The fourth-order valence-electron chi connectivity index (χ4n) is 1.47. The Bertz CT molecular complexity index is 592. The molecular formula is C11H7Cl2NO3. The summed E-state index contributed by atoms with van der Waals surface area (Å²) in [6.45, 7) is 1.72. The van der Waals surface area contributed by atoms with Crippen molar-refractivity contribution >= 4 is 29.2 Å². The predicted molar refractivity (Wildman–Crippen MR) is 63.7 cm³/mol. The standard InChI is InChI=1S/C11H7Cl2NO3/c1-5-10(17-4-14-5)8-7(12)3-2-6(9(8)13)11(15)16/h2-4H,1H3,(H,15,16). The predicted octanol–water partition coefficient (Wildman–Crippen LogP) is 3.66. The average Bonchev–Trinajstić information content (AvgIpc) is 2.64. The van der Waals surface area contributed by atoms with E-state index in [1.807, 2.05) is 0 Å². The van der Waals surface area contributed by atoms with Gasteiger partial charge in [0.1, 0.15) is 0 Å². The van der Waals surface area contributed by atoms with Gasteiger partial charge in [-0.05, 0) is 19.1 Å². The Balaban J connectivity index is 2.73. The monoisotopic (exact) mass is 271 g/mol. The van der Waals surface area contributed by atoms with Gasteiger partial charge in [-0.3, -0.25) is 0 Å². The molecule has 1 aromatic carbocycles. The molecular weight excluding hydrogens is 265 g/mol. The highest BCUT2D eigenvalue weighted by atomic mass is 35.5. The fraction of sp³-hybridized carbons (Fsp3) is 0.0909. The Morgan fingerprint density at radius 2 is 2.12 bits per heavy atom. The normalized spacial score (nSPS) is 10.5. The Kier molecular flexibility index (Phi) is 3.09. The maximum absolute atomic E-state index is 11.0. The molecule has 0 aliphatic heterocycles. The van der Waals surface area contributed by atoms with E-state index in [9.17, 15) is 4.79 Å². The highest BCUT2D eigenvalue weighted by molar-refractivity contribution is 6.40. The Labute approximate surface area is 107 Å². The zero-order valence-electron chi connectivity index (χ0n) is 8.70. The molecule has 0 fully saturated rings. The zero-order chi connectivity index (χ0) is 12.6. The van der Waals surface area contributed by atoms with Crippen LogP contribution in [0.3, 0.4) is 0 Å². The number of oxazole rings is 1. The van der Waals surface area contributed by atoms with E-state index in [-0.39, 0.29) is 10.6 Å². The van der Waals surface area contributed by atoms with Gasteiger partial charge >= 0.3 is 5.97 Å². The number of aryl methyl sites for hydroxylation is 1. The van der Waals surface area contributed by atoms with Crippen LogP contribution >= 0.6 is 23.2 Å². The third-order valence-corrected chi connectivity index (χ3v) is 3.00. The lowest BCUT2D eigenvalue weighted by atomic mass is 10.1. The van der Waals surface area contributed by atoms with E-state index in [1.165, 1.54) is 18.5 Å². The molecule has 0 amide bonds. The van der Waals surface area contributed by atoms with Crippen molar-refractivity contribution in [2.24, 2.45) is 0 Å². The van der Waals surface area contributed by atoms with E-state index in [4.69, 9.17) is 32.7 Å². The molecule has 0 radical (unpaired) electrons. The maximum Gasteiger partial charge on any atom is 0.337 e. The molecule has 0 bridgehead atoms.